The van der Waals surface area contributed by atoms with Crippen LogP contribution in [0.5, 0.6) is 5.75 Å². The van der Waals surface area contributed by atoms with E-state index in [0.29, 0.717) is 10.6 Å². The molecule has 0 aromatic heterocycles. The molecular formula is C17H26ClNO4S. The van der Waals surface area contributed by atoms with Crippen molar-refractivity contribution in [2.45, 2.75) is 53.6 Å². The number of rotatable bonds is 8. The third kappa shape index (κ3) is 5.67. The lowest BCUT2D eigenvalue weighted by Crippen LogP contribution is -2.40. The van der Waals surface area contributed by atoms with E-state index in [0.717, 1.165) is 6.42 Å². The molecule has 0 fully saturated rings. The number of halogens is 1. The van der Waals surface area contributed by atoms with Crippen LogP contribution >= 0.6 is 11.6 Å². The first-order valence-electron chi connectivity index (χ1n) is 8.12. The molecule has 0 saturated heterocycles. The molecule has 0 aliphatic heterocycles. The summed E-state index contributed by atoms with van der Waals surface area (Å²) in [6, 6.07) is 4.77. The van der Waals surface area contributed by atoms with Gasteiger partial charge in [0, 0.05) is 29.1 Å². The normalized spacial score (nSPS) is 13.0. The fraction of sp³-hybridized carbons (Fsp3) is 0.588. The highest BCUT2D eigenvalue weighted by molar-refractivity contribution is 7.87. The van der Waals surface area contributed by atoms with Crippen molar-refractivity contribution in [3.63, 3.8) is 0 Å². The molecule has 0 N–H and O–H groups in total. The Morgan fingerprint density at radius 1 is 1.25 bits per heavy atom. The Kier molecular flexibility index (Phi) is 7.55. The van der Waals surface area contributed by atoms with E-state index in [9.17, 15) is 13.2 Å². The van der Waals surface area contributed by atoms with Crippen molar-refractivity contribution in [3.8, 4) is 5.75 Å². The second kappa shape index (κ2) is 8.72. The summed E-state index contributed by atoms with van der Waals surface area (Å²) in [6.45, 7) is 9.42. The van der Waals surface area contributed by atoms with Crippen LogP contribution in [0.1, 0.15) is 46.6 Å². The van der Waals surface area contributed by atoms with Crippen molar-refractivity contribution in [1.82, 2.24) is 4.90 Å². The SMILES string of the molecule is CC[C@H](C)N(Cc1cc(Cl)ccc1OS(=O)(=O)CC)C(=O)C(C)C. The summed E-state index contributed by atoms with van der Waals surface area (Å²) in [5.74, 6) is -0.0589. The van der Waals surface area contributed by atoms with E-state index in [1.165, 1.54) is 13.0 Å². The monoisotopic (exact) mass is 375 g/mol. The third-order valence-corrected chi connectivity index (χ3v) is 5.21. The van der Waals surface area contributed by atoms with Crippen LogP contribution < -0.4 is 4.18 Å². The molecule has 0 spiro atoms. The summed E-state index contributed by atoms with van der Waals surface area (Å²) in [6.07, 6.45) is 0.794. The van der Waals surface area contributed by atoms with Gasteiger partial charge < -0.3 is 9.08 Å². The van der Waals surface area contributed by atoms with Gasteiger partial charge in [-0.1, -0.05) is 32.4 Å². The van der Waals surface area contributed by atoms with Crippen molar-refractivity contribution >= 4 is 27.6 Å². The van der Waals surface area contributed by atoms with Crippen LogP contribution in [0.3, 0.4) is 0 Å². The molecule has 1 aromatic rings. The Morgan fingerprint density at radius 2 is 1.88 bits per heavy atom. The zero-order chi connectivity index (χ0) is 18.5. The maximum absolute atomic E-state index is 12.5. The Hall–Kier alpha value is -1.27. The van der Waals surface area contributed by atoms with E-state index >= 15 is 0 Å². The van der Waals surface area contributed by atoms with Crippen molar-refractivity contribution in [2.75, 3.05) is 5.75 Å². The van der Waals surface area contributed by atoms with E-state index in [2.05, 4.69) is 0 Å². The molecule has 1 aromatic carbocycles. The molecule has 0 aliphatic rings. The molecule has 1 rings (SSSR count). The molecule has 0 bridgehead atoms. The first kappa shape index (κ1) is 20.8. The summed E-state index contributed by atoms with van der Waals surface area (Å²) in [5, 5.41) is 0.465. The minimum Gasteiger partial charge on any atom is -0.382 e. The smallest absolute Gasteiger partial charge is 0.308 e. The van der Waals surface area contributed by atoms with E-state index in [1.807, 2.05) is 27.7 Å². The van der Waals surface area contributed by atoms with Gasteiger partial charge in [0.2, 0.25) is 5.91 Å². The highest BCUT2D eigenvalue weighted by Crippen LogP contribution is 2.27. The predicted octanol–water partition coefficient (Wildman–Crippen LogP) is 3.85. The summed E-state index contributed by atoms with van der Waals surface area (Å²) in [4.78, 5) is 14.3. The number of amides is 1. The molecule has 0 aliphatic carbocycles. The first-order chi connectivity index (χ1) is 11.1. The quantitative estimate of drug-likeness (QED) is 0.647. The molecule has 1 atom stereocenters. The molecule has 1 amide bonds. The second-order valence-corrected chi connectivity index (χ2v) is 8.36. The van der Waals surface area contributed by atoms with Gasteiger partial charge in [-0.2, -0.15) is 8.42 Å². The van der Waals surface area contributed by atoms with Gasteiger partial charge in [0.15, 0.2) is 0 Å². The standard InChI is InChI=1S/C17H26ClNO4S/c1-6-13(5)19(17(20)12(3)4)11-14-10-15(18)8-9-16(14)23-24(21,22)7-2/h8-10,12-13H,6-7,11H2,1-5H3/t13-/m0/s1. The van der Waals surface area contributed by atoms with Crippen LogP contribution in [0.15, 0.2) is 18.2 Å². The highest BCUT2D eigenvalue weighted by Gasteiger charge is 2.24. The number of nitrogens with zero attached hydrogens (tertiary/aromatic N) is 1. The molecule has 5 nitrogen and oxygen atoms in total. The third-order valence-electron chi connectivity index (χ3n) is 3.83. The Labute approximate surface area is 150 Å². The molecule has 7 heteroatoms. The first-order valence-corrected chi connectivity index (χ1v) is 10.1. The average molecular weight is 376 g/mol. The van der Waals surface area contributed by atoms with E-state index in [1.54, 1.807) is 17.0 Å². The fourth-order valence-corrected chi connectivity index (χ4v) is 2.88. The predicted molar refractivity (Wildman–Crippen MR) is 96.7 cm³/mol. The largest absolute Gasteiger partial charge is 0.382 e. The minimum absolute atomic E-state index is 0.00799. The van der Waals surface area contributed by atoms with E-state index < -0.39 is 10.1 Å². The Balaban J connectivity index is 3.22. The minimum atomic E-state index is -3.65. The van der Waals surface area contributed by atoms with Crippen LogP contribution in [0.4, 0.5) is 0 Å². The van der Waals surface area contributed by atoms with Gasteiger partial charge in [-0.25, -0.2) is 0 Å². The summed E-state index contributed by atoms with van der Waals surface area (Å²) in [7, 11) is -3.65. The summed E-state index contributed by atoms with van der Waals surface area (Å²) < 4.78 is 28.7. The Bertz CT molecular complexity index is 673. The van der Waals surface area contributed by atoms with Crippen molar-refractivity contribution < 1.29 is 17.4 Å². The van der Waals surface area contributed by atoms with Crippen LogP contribution in [0, 0.1) is 5.92 Å². The van der Waals surface area contributed by atoms with Gasteiger partial charge in [0.05, 0.1) is 5.75 Å². The number of benzene rings is 1. The van der Waals surface area contributed by atoms with Gasteiger partial charge in [0.25, 0.3) is 0 Å². The number of carbonyl (C=O) groups is 1. The van der Waals surface area contributed by atoms with Gasteiger partial charge in [-0.15, -0.1) is 0 Å². The van der Waals surface area contributed by atoms with Crippen LogP contribution in [0.25, 0.3) is 0 Å². The Morgan fingerprint density at radius 3 is 2.38 bits per heavy atom. The average Bonchev–Trinajstić information content (AvgIpc) is 2.53. The topological polar surface area (TPSA) is 63.7 Å². The van der Waals surface area contributed by atoms with Crippen LogP contribution in [0.2, 0.25) is 5.02 Å². The second-order valence-electron chi connectivity index (χ2n) is 6.06. The van der Waals surface area contributed by atoms with Gasteiger partial charge in [0.1, 0.15) is 5.75 Å². The number of hydrogen-bond acceptors (Lipinski definition) is 4. The van der Waals surface area contributed by atoms with Crippen LogP contribution in [-0.4, -0.2) is 31.0 Å². The van der Waals surface area contributed by atoms with Crippen LogP contribution in [-0.2, 0) is 21.5 Å². The maximum Gasteiger partial charge on any atom is 0.308 e. The fourth-order valence-electron chi connectivity index (χ4n) is 2.14. The highest BCUT2D eigenvalue weighted by atomic mass is 35.5. The van der Waals surface area contributed by atoms with E-state index in [4.69, 9.17) is 15.8 Å². The van der Waals surface area contributed by atoms with Crippen molar-refractivity contribution in [1.29, 1.82) is 0 Å². The van der Waals surface area contributed by atoms with Crippen molar-refractivity contribution in [3.05, 3.63) is 28.8 Å². The molecule has 0 heterocycles. The van der Waals surface area contributed by atoms with Gasteiger partial charge in [-0.05, 0) is 38.5 Å². The molecule has 0 saturated carbocycles. The number of hydrogen-bond donors (Lipinski definition) is 0. The zero-order valence-corrected chi connectivity index (χ0v) is 16.4. The van der Waals surface area contributed by atoms with Crippen molar-refractivity contribution in [2.24, 2.45) is 5.92 Å². The lowest BCUT2D eigenvalue weighted by molar-refractivity contribution is -0.137. The summed E-state index contributed by atoms with van der Waals surface area (Å²) >= 11 is 6.05. The number of carbonyl (C=O) groups excluding carboxylic acids is 1. The zero-order valence-electron chi connectivity index (χ0n) is 14.9. The lowest BCUT2D eigenvalue weighted by Gasteiger charge is -2.31. The molecule has 0 unspecified atom stereocenters. The van der Waals surface area contributed by atoms with Gasteiger partial charge in [-0.3, -0.25) is 4.79 Å². The molecule has 0 radical (unpaired) electrons. The molecular weight excluding hydrogens is 350 g/mol. The molecule has 24 heavy (non-hydrogen) atoms. The summed E-state index contributed by atoms with van der Waals surface area (Å²) in [5.41, 5.74) is 0.578. The van der Waals surface area contributed by atoms with E-state index in [-0.39, 0.29) is 35.9 Å². The maximum atomic E-state index is 12.5. The van der Waals surface area contributed by atoms with Gasteiger partial charge >= 0.3 is 10.1 Å². The molecule has 136 valence electrons. The lowest BCUT2D eigenvalue weighted by atomic mass is 10.1.